The summed E-state index contributed by atoms with van der Waals surface area (Å²) in [6, 6.07) is 8.08. The maximum Gasteiger partial charge on any atom is 0.291 e. The molecule has 0 aliphatic heterocycles. The molecular weight excluding hydrogens is 210 g/mol. The minimum absolute atomic E-state index is 0.0938. The van der Waals surface area contributed by atoms with Gasteiger partial charge in [0.15, 0.2) is 0 Å². The topological polar surface area (TPSA) is 43.1 Å². The van der Waals surface area contributed by atoms with E-state index in [4.69, 9.17) is 0 Å². The molecule has 0 aromatic heterocycles. The molecule has 15 heavy (non-hydrogen) atoms. The standard InChI is InChI=1S/C7H5NO2S.2C2H6/c1-11-7-5-3-2-4-6(7)8(9)10;2*1-2/h4-5H,1H3;2*1-2H3. The van der Waals surface area contributed by atoms with Gasteiger partial charge in [0.2, 0.25) is 0 Å². The first-order valence-corrected chi connectivity index (χ1v) is 6.08. The first kappa shape index (κ1) is 16.2. The molecule has 1 aromatic rings. The molecule has 0 fully saturated rings. The molecule has 0 radical (unpaired) electrons. The second-order valence-corrected chi connectivity index (χ2v) is 2.64. The van der Waals surface area contributed by atoms with Crippen LogP contribution in [0.5, 0.6) is 0 Å². The van der Waals surface area contributed by atoms with Crippen LogP contribution in [0.2, 0.25) is 0 Å². The number of hydrogen-bond donors (Lipinski definition) is 0. The van der Waals surface area contributed by atoms with Gasteiger partial charge in [-0.05, 0) is 6.26 Å². The van der Waals surface area contributed by atoms with Crippen LogP contribution in [0.4, 0.5) is 5.69 Å². The molecule has 3 nitrogen and oxygen atoms in total. The van der Waals surface area contributed by atoms with Crippen LogP contribution in [-0.2, 0) is 0 Å². The second-order valence-electron chi connectivity index (χ2n) is 1.79. The van der Waals surface area contributed by atoms with Crippen LogP contribution in [-0.4, -0.2) is 11.2 Å². The third-order valence-corrected chi connectivity index (χ3v) is 1.93. The smallest absolute Gasteiger partial charge is 0.258 e. The van der Waals surface area contributed by atoms with Crippen LogP contribution in [0, 0.1) is 22.2 Å². The van der Waals surface area contributed by atoms with Gasteiger partial charge >= 0.3 is 0 Å². The Bertz CT molecular complexity index is 277. The Kier molecular flexibility index (Phi) is 11.8. The molecule has 84 valence electrons. The third-order valence-electron chi connectivity index (χ3n) is 1.16. The lowest BCUT2D eigenvalue weighted by molar-refractivity contribution is -0.387. The van der Waals surface area contributed by atoms with Gasteiger partial charge in [-0.15, -0.1) is 11.8 Å². The molecule has 0 unspecified atom stereocenters. The molecule has 1 aromatic carbocycles. The molecule has 4 heteroatoms. The molecule has 0 amide bonds. The van der Waals surface area contributed by atoms with Crippen LogP contribution in [0.3, 0.4) is 0 Å². The van der Waals surface area contributed by atoms with Gasteiger partial charge in [-0.3, -0.25) is 10.1 Å². The van der Waals surface area contributed by atoms with E-state index in [1.165, 1.54) is 17.8 Å². The Morgan fingerprint density at radius 3 is 2.00 bits per heavy atom. The summed E-state index contributed by atoms with van der Waals surface area (Å²) < 4.78 is 0. The second kappa shape index (κ2) is 10.9. The largest absolute Gasteiger partial charge is 0.291 e. The number of nitro groups is 1. The van der Waals surface area contributed by atoms with Gasteiger partial charge in [-0.1, -0.05) is 39.8 Å². The summed E-state index contributed by atoms with van der Waals surface area (Å²) in [6.07, 6.45) is 1.79. The Morgan fingerprint density at radius 1 is 1.20 bits per heavy atom. The molecule has 0 N–H and O–H groups in total. The van der Waals surface area contributed by atoms with Crippen molar-refractivity contribution in [3.63, 3.8) is 0 Å². The molecule has 0 aliphatic carbocycles. The minimum atomic E-state index is -0.420. The number of hydrogen-bond acceptors (Lipinski definition) is 3. The van der Waals surface area contributed by atoms with E-state index < -0.39 is 4.92 Å². The van der Waals surface area contributed by atoms with Crippen molar-refractivity contribution in [1.82, 2.24) is 0 Å². The zero-order chi connectivity index (χ0) is 12.3. The highest BCUT2D eigenvalue weighted by atomic mass is 32.2. The summed E-state index contributed by atoms with van der Waals surface area (Å²) in [5, 5.41) is 10.3. The first-order valence-electron chi connectivity index (χ1n) is 4.86. The highest BCUT2D eigenvalue weighted by Gasteiger charge is 2.09. The fraction of sp³-hybridized carbons (Fsp3) is 0.455. The quantitative estimate of drug-likeness (QED) is 0.436. The average molecular weight is 227 g/mol. The van der Waals surface area contributed by atoms with E-state index in [0.717, 1.165) is 0 Å². The van der Waals surface area contributed by atoms with E-state index >= 15 is 0 Å². The zero-order valence-electron chi connectivity index (χ0n) is 9.83. The van der Waals surface area contributed by atoms with Crippen molar-refractivity contribution in [2.75, 3.05) is 6.26 Å². The maximum absolute atomic E-state index is 10.3. The van der Waals surface area contributed by atoms with Crippen LogP contribution in [0.25, 0.3) is 0 Å². The Balaban J connectivity index is 0. The SMILES string of the molecule is CC.CC.CSc1cc#ccc1[N+](=O)[O-]. The lowest BCUT2D eigenvalue weighted by Gasteiger charge is -1.93. The van der Waals surface area contributed by atoms with Crippen molar-refractivity contribution in [1.29, 1.82) is 0 Å². The molecule has 1 rings (SSSR count). The molecular formula is C11H17NO2S. The van der Waals surface area contributed by atoms with Crippen molar-refractivity contribution in [2.45, 2.75) is 32.6 Å². The van der Waals surface area contributed by atoms with Crippen molar-refractivity contribution in [2.24, 2.45) is 0 Å². The predicted octanol–water partition coefficient (Wildman–Crippen LogP) is 3.97. The summed E-state index contributed by atoms with van der Waals surface area (Å²) in [4.78, 5) is 10.5. The predicted molar refractivity (Wildman–Crippen MR) is 65.2 cm³/mol. The van der Waals surface area contributed by atoms with E-state index in [0.29, 0.717) is 4.90 Å². The van der Waals surface area contributed by atoms with E-state index in [-0.39, 0.29) is 5.69 Å². The fourth-order valence-electron chi connectivity index (χ4n) is 0.668. The van der Waals surface area contributed by atoms with Gasteiger partial charge in [0, 0.05) is 6.07 Å². The summed E-state index contributed by atoms with van der Waals surface area (Å²) in [5.41, 5.74) is 0.0938. The summed E-state index contributed by atoms with van der Waals surface area (Å²) in [6.45, 7) is 8.00. The van der Waals surface area contributed by atoms with E-state index in [2.05, 4.69) is 12.1 Å². The van der Waals surface area contributed by atoms with E-state index in [9.17, 15) is 10.1 Å². The van der Waals surface area contributed by atoms with Gasteiger partial charge in [0.05, 0.1) is 15.9 Å². The van der Waals surface area contributed by atoms with Gasteiger partial charge < -0.3 is 0 Å². The number of rotatable bonds is 2. The summed E-state index contributed by atoms with van der Waals surface area (Å²) in [7, 11) is 0. The molecule has 0 spiro atoms. The molecule has 0 saturated heterocycles. The summed E-state index contributed by atoms with van der Waals surface area (Å²) >= 11 is 1.33. The average Bonchev–Trinajstić information content (AvgIpc) is 2.34. The summed E-state index contributed by atoms with van der Waals surface area (Å²) in [5.74, 6) is 0. The van der Waals surface area contributed by atoms with Crippen molar-refractivity contribution in [3.8, 4) is 0 Å². The number of thioether (sulfide) groups is 1. The molecule has 0 atom stereocenters. The van der Waals surface area contributed by atoms with Gasteiger partial charge in [-0.2, -0.15) is 0 Å². The zero-order valence-corrected chi connectivity index (χ0v) is 10.6. The van der Waals surface area contributed by atoms with Gasteiger partial charge in [0.25, 0.3) is 5.69 Å². The minimum Gasteiger partial charge on any atom is -0.258 e. The van der Waals surface area contributed by atoms with E-state index in [1.54, 1.807) is 12.3 Å². The highest BCUT2D eigenvalue weighted by molar-refractivity contribution is 7.98. The van der Waals surface area contributed by atoms with Crippen LogP contribution in [0.15, 0.2) is 17.0 Å². The molecule has 0 aliphatic rings. The van der Waals surface area contributed by atoms with Gasteiger partial charge in [-0.25, -0.2) is 0 Å². The van der Waals surface area contributed by atoms with E-state index in [1.807, 2.05) is 27.7 Å². The highest BCUT2D eigenvalue weighted by Crippen LogP contribution is 2.24. The van der Waals surface area contributed by atoms with Crippen molar-refractivity contribution >= 4 is 17.4 Å². The fourth-order valence-corrected chi connectivity index (χ4v) is 1.19. The monoisotopic (exact) mass is 227 g/mol. The Hall–Kier alpha value is -1.21. The van der Waals surface area contributed by atoms with Crippen molar-refractivity contribution in [3.05, 3.63) is 34.4 Å². The first-order chi connectivity index (χ1) is 7.25. The molecule has 0 bridgehead atoms. The molecule has 0 saturated carbocycles. The van der Waals surface area contributed by atoms with Crippen molar-refractivity contribution < 1.29 is 4.92 Å². The van der Waals surface area contributed by atoms with Crippen LogP contribution < -0.4 is 0 Å². The van der Waals surface area contributed by atoms with Gasteiger partial charge in [0.1, 0.15) is 0 Å². The molecule has 0 heterocycles. The Morgan fingerprint density at radius 2 is 1.67 bits per heavy atom. The maximum atomic E-state index is 10.3. The lowest BCUT2D eigenvalue weighted by Crippen LogP contribution is -1.88. The number of nitrogens with zero attached hydrogens (tertiary/aromatic N) is 1. The van der Waals surface area contributed by atoms with Crippen LogP contribution in [0.1, 0.15) is 27.7 Å². The van der Waals surface area contributed by atoms with Crippen LogP contribution >= 0.6 is 11.8 Å². The third kappa shape index (κ3) is 5.97. The lowest BCUT2D eigenvalue weighted by atomic mass is 10.4. The normalized spacial score (nSPS) is 7.27. The Labute approximate surface area is 96.0 Å².